The summed E-state index contributed by atoms with van der Waals surface area (Å²) in [5, 5.41) is 3.18. The summed E-state index contributed by atoms with van der Waals surface area (Å²) in [5.41, 5.74) is 4.07. The molecule has 1 aromatic carbocycles. The third kappa shape index (κ3) is 1.14. The minimum Gasteiger partial charge on any atom is -0.387 e. The van der Waals surface area contributed by atoms with Gasteiger partial charge in [0.1, 0.15) is 0 Å². The summed E-state index contributed by atoms with van der Waals surface area (Å²) in [6.07, 6.45) is 4.12. The van der Waals surface area contributed by atoms with Crippen molar-refractivity contribution in [2.45, 2.75) is 13.5 Å². The molecule has 11 heavy (non-hydrogen) atoms. The Bertz CT molecular complexity index is 300. The summed E-state index contributed by atoms with van der Waals surface area (Å²) in [4.78, 5) is 0. The molecule has 0 radical (unpaired) electrons. The zero-order valence-corrected chi connectivity index (χ0v) is 6.59. The van der Waals surface area contributed by atoms with Crippen molar-refractivity contribution in [3.05, 3.63) is 41.1 Å². The van der Waals surface area contributed by atoms with Crippen LogP contribution in [-0.4, -0.2) is 0 Å². The van der Waals surface area contributed by atoms with Crippen LogP contribution < -0.4 is 5.32 Å². The van der Waals surface area contributed by atoms with Gasteiger partial charge in [0, 0.05) is 6.54 Å². The lowest BCUT2D eigenvalue weighted by Gasteiger charge is -2.11. The van der Waals surface area contributed by atoms with Crippen molar-refractivity contribution in [1.29, 1.82) is 0 Å². The monoisotopic (exact) mass is 145 g/mol. The molecule has 0 bridgehead atoms. The van der Waals surface area contributed by atoms with Crippen LogP contribution in [0, 0.1) is 6.92 Å². The van der Waals surface area contributed by atoms with E-state index in [2.05, 4.69) is 36.5 Å². The van der Waals surface area contributed by atoms with Crippen molar-refractivity contribution < 1.29 is 0 Å². The van der Waals surface area contributed by atoms with Crippen LogP contribution in [0.3, 0.4) is 0 Å². The molecule has 2 rings (SSSR count). The smallest absolute Gasteiger partial charge is 0.0401 e. The van der Waals surface area contributed by atoms with Gasteiger partial charge in [-0.3, -0.25) is 0 Å². The van der Waals surface area contributed by atoms with Gasteiger partial charge < -0.3 is 5.32 Å². The zero-order chi connectivity index (χ0) is 7.68. The number of benzene rings is 1. The molecule has 1 aromatic rings. The van der Waals surface area contributed by atoms with Gasteiger partial charge in [0.05, 0.1) is 0 Å². The van der Waals surface area contributed by atoms with Gasteiger partial charge in [0.2, 0.25) is 0 Å². The van der Waals surface area contributed by atoms with Gasteiger partial charge >= 0.3 is 0 Å². The Morgan fingerprint density at radius 1 is 1.36 bits per heavy atom. The molecule has 0 saturated carbocycles. The second-order valence-corrected chi connectivity index (χ2v) is 2.92. The van der Waals surface area contributed by atoms with Crippen molar-refractivity contribution in [2.75, 3.05) is 0 Å². The van der Waals surface area contributed by atoms with Crippen LogP contribution in [0.15, 0.2) is 24.4 Å². The van der Waals surface area contributed by atoms with Crippen LogP contribution in [0.2, 0.25) is 0 Å². The fraction of sp³-hybridized carbons (Fsp3) is 0.200. The van der Waals surface area contributed by atoms with Crippen LogP contribution in [0.1, 0.15) is 16.7 Å². The summed E-state index contributed by atoms with van der Waals surface area (Å²) in [5.74, 6) is 0. The molecule has 0 unspecified atom stereocenters. The zero-order valence-electron chi connectivity index (χ0n) is 6.59. The first-order chi connectivity index (χ1) is 5.36. The molecule has 0 spiro atoms. The Morgan fingerprint density at radius 2 is 2.27 bits per heavy atom. The van der Waals surface area contributed by atoms with Gasteiger partial charge in [0.25, 0.3) is 0 Å². The van der Waals surface area contributed by atoms with Gasteiger partial charge in [0.15, 0.2) is 0 Å². The average Bonchev–Trinajstić information content (AvgIpc) is 2.04. The number of hydrogen-bond acceptors (Lipinski definition) is 1. The lowest BCUT2D eigenvalue weighted by Crippen LogP contribution is -2.09. The SMILES string of the molecule is Cc1ccc2c(c1)C=CNC2. The van der Waals surface area contributed by atoms with Gasteiger partial charge in [-0.2, -0.15) is 0 Å². The van der Waals surface area contributed by atoms with E-state index in [1.165, 1.54) is 16.7 Å². The topological polar surface area (TPSA) is 12.0 Å². The first-order valence-corrected chi connectivity index (χ1v) is 3.86. The van der Waals surface area contributed by atoms with E-state index in [-0.39, 0.29) is 0 Å². The number of fused-ring (bicyclic) bond motifs is 1. The molecule has 1 heterocycles. The molecular formula is C10H11N. The van der Waals surface area contributed by atoms with Crippen LogP contribution in [-0.2, 0) is 6.54 Å². The molecule has 1 N–H and O–H groups in total. The first kappa shape index (κ1) is 6.47. The highest BCUT2D eigenvalue weighted by atomic mass is 14.8. The lowest BCUT2D eigenvalue weighted by molar-refractivity contribution is 0.858. The third-order valence-electron chi connectivity index (χ3n) is 1.97. The number of aryl methyl sites for hydroxylation is 1. The van der Waals surface area contributed by atoms with Crippen LogP contribution >= 0.6 is 0 Å². The normalized spacial score (nSPS) is 13.9. The Kier molecular flexibility index (Phi) is 1.42. The predicted molar refractivity (Wildman–Crippen MR) is 47.1 cm³/mol. The molecule has 0 saturated heterocycles. The van der Waals surface area contributed by atoms with E-state index in [9.17, 15) is 0 Å². The maximum Gasteiger partial charge on any atom is 0.0401 e. The molecule has 1 aliphatic rings. The molecule has 0 aromatic heterocycles. The van der Waals surface area contributed by atoms with Crippen molar-refractivity contribution in [3.8, 4) is 0 Å². The van der Waals surface area contributed by atoms with Gasteiger partial charge in [-0.05, 0) is 30.3 Å². The van der Waals surface area contributed by atoms with Crippen molar-refractivity contribution in [1.82, 2.24) is 5.32 Å². The Morgan fingerprint density at radius 3 is 3.18 bits per heavy atom. The standard InChI is InChI=1S/C10H11N/c1-8-2-3-10-7-11-5-4-9(10)6-8/h2-6,11H,7H2,1H3. The molecule has 56 valence electrons. The number of nitrogens with one attached hydrogen (secondary N) is 1. The quantitative estimate of drug-likeness (QED) is 0.589. The summed E-state index contributed by atoms with van der Waals surface area (Å²) in [6, 6.07) is 6.55. The average molecular weight is 145 g/mol. The van der Waals surface area contributed by atoms with Gasteiger partial charge in [-0.15, -0.1) is 0 Å². The van der Waals surface area contributed by atoms with E-state index in [4.69, 9.17) is 0 Å². The number of hydrogen-bond donors (Lipinski definition) is 1. The molecule has 1 heteroatoms. The molecule has 1 aliphatic heterocycles. The summed E-state index contributed by atoms with van der Waals surface area (Å²) in [6.45, 7) is 3.09. The van der Waals surface area contributed by atoms with E-state index in [1.54, 1.807) is 0 Å². The van der Waals surface area contributed by atoms with E-state index in [0.29, 0.717) is 0 Å². The summed E-state index contributed by atoms with van der Waals surface area (Å²) in [7, 11) is 0. The lowest BCUT2D eigenvalue weighted by atomic mass is 10.0. The second kappa shape index (κ2) is 2.42. The fourth-order valence-corrected chi connectivity index (χ4v) is 1.35. The minimum absolute atomic E-state index is 0.964. The Balaban J connectivity index is 2.54. The first-order valence-electron chi connectivity index (χ1n) is 3.86. The fourth-order valence-electron chi connectivity index (χ4n) is 1.35. The Hall–Kier alpha value is -1.24. The van der Waals surface area contributed by atoms with Gasteiger partial charge in [-0.1, -0.05) is 23.8 Å². The van der Waals surface area contributed by atoms with Crippen molar-refractivity contribution in [2.24, 2.45) is 0 Å². The minimum atomic E-state index is 0.964. The van der Waals surface area contributed by atoms with E-state index < -0.39 is 0 Å². The second-order valence-electron chi connectivity index (χ2n) is 2.92. The molecule has 1 nitrogen and oxygen atoms in total. The van der Waals surface area contributed by atoms with Gasteiger partial charge in [-0.25, -0.2) is 0 Å². The summed E-state index contributed by atoms with van der Waals surface area (Å²) >= 11 is 0. The predicted octanol–water partition coefficient (Wildman–Crippen LogP) is 2.07. The maximum atomic E-state index is 3.18. The van der Waals surface area contributed by atoms with E-state index in [0.717, 1.165) is 6.54 Å². The third-order valence-corrected chi connectivity index (χ3v) is 1.97. The number of rotatable bonds is 0. The molecule has 0 fully saturated rings. The highest BCUT2D eigenvalue weighted by Gasteiger charge is 2.01. The van der Waals surface area contributed by atoms with Crippen LogP contribution in [0.4, 0.5) is 0 Å². The van der Waals surface area contributed by atoms with E-state index >= 15 is 0 Å². The largest absolute Gasteiger partial charge is 0.387 e. The highest BCUT2D eigenvalue weighted by molar-refractivity contribution is 5.56. The van der Waals surface area contributed by atoms with E-state index in [1.807, 2.05) is 6.20 Å². The highest BCUT2D eigenvalue weighted by Crippen LogP contribution is 2.15. The van der Waals surface area contributed by atoms with Crippen LogP contribution in [0.5, 0.6) is 0 Å². The maximum absolute atomic E-state index is 3.18. The molecular weight excluding hydrogens is 134 g/mol. The molecule has 0 aliphatic carbocycles. The molecule has 0 amide bonds. The van der Waals surface area contributed by atoms with Crippen molar-refractivity contribution >= 4 is 6.08 Å². The van der Waals surface area contributed by atoms with Crippen LogP contribution in [0.25, 0.3) is 6.08 Å². The van der Waals surface area contributed by atoms with Crippen molar-refractivity contribution in [3.63, 3.8) is 0 Å². The molecule has 0 atom stereocenters. The Labute approximate surface area is 66.7 Å². The summed E-state index contributed by atoms with van der Waals surface area (Å²) < 4.78 is 0.